The van der Waals surface area contributed by atoms with E-state index in [2.05, 4.69) is 43.5 Å². The van der Waals surface area contributed by atoms with Gasteiger partial charge in [-0.1, -0.05) is 26.7 Å². The van der Waals surface area contributed by atoms with Crippen molar-refractivity contribution in [1.29, 1.82) is 0 Å². The minimum absolute atomic E-state index is 0.207. The summed E-state index contributed by atoms with van der Waals surface area (Å²) in [5, 5.41) is 6.76. The number of fused-ring (bicyclic) bond motifs is 2. The van der Waals surface area contributed by atoms with Crippen LogP contribution in [0.1, 0.15) is 46.0 Å². The highest BCUT2D eigenvalue weighted by Crippen LogP contribution is 2.33. The predicted octanol–water partition coefficient (Wildman–Crippen LogP) is 1.61. The second kappa shape index (κ2) is 6.90. The number of nitrogens with zero attached hydrogens (tertiary/aromatic N) is 1. The lowest BCUT2D eigenvalue weighted by molar-refractivity contribution is -0.125. The molecule has 4 atom stereocenters. The SMILES string of the molecule is CCC(CC)C(CNC(=O)C1CC2CCC1N2)N(C)C. The summed E-state index contributed by atoms with van der Waals surface area (Å²) < 4.78 is 0. The molecule has 0 saturated carbocycles. The third-order valence-corrected chi connectivity index (χ3v) is 5.38. The van der Waals surface area contributed by atoms with Crippen molar-refractivity contribution in [2.45, 2.75) is 64.1 Å². The zero-order valence-corrected chi connectivity index (χ0v) is 13.5. The van der Waals surface area contributed by atoms with E-state index in [9.17, 15) is 4.79 Å². The van der Waals surface area contributed by atoms with Gasteiger partial charge in [0.1, 0.15) is 0 Å². The number of carbonyl (C=O) groups excluding carboxylic acids is 1. The van der Waals surface area contributed by atoms with E-state index in [1.807, 2.05) is 0 Å². The zero-order chi connectivity index (χ0) is 14.7. The molecule has 0 spiro atoms. The second-order valence-corrected chi connectivity index (χ2v) is 6.74. The van der Waals surface area contributed by atoms with Crippen molar-refractivity contribution < 1.29 is 4.79 Å². The lowest BCUT2D eigenvalue weighted by Gasteiger charge is -2.32. The van der Waals surface area contributed by atoms with Crippen molar-refractivity contribution in [1.82, 2.24) is 15.5 Å². The lowest BCUT2D eigenvalue weighted by Crippen LogP contribution is -2.47. The largest absolute Gasteiger partial charge is 0.354 e. The maximum absolute atomic E-state index is 12.4. The highest BCUT2D eigenvalue weighted by molar-refractivity contribution is 5.80. The summed E-state index contributed by atoms with van der Waals surface area (Å²) in [7, 11) is 4.24. The Morgan fingerprint density at radius 3 is 2.45 bits per heavy atom. The van der Waals surface area contributed by atoms with Crippen LogP contribution in [0.4, 0.5) is 0 Å². The number of nitrogens with one attached hydrogen (secondary N) is 2. The topological polar surface area (TPSA) is 44.4 Å². The fourth-order valence-corrected chi connectivity index (χ4v) is 4.05. The number of hydrogen-bond donors (Lipinski definition) is 2. The summed E-state index contributed by atoms with van der Waals surface area (Å²) in [6.45, 7) is 5.27. The van der Waals surface area contributed by atoms with E-state index in [1.54, 1.807) is 0 Å². The highest BCUT2D eigenvalue weighted by Gasteiger charge is 2.42. The maximum atomic E-state index is 12.4. The van der Waals surface area contributed by atoms with E-state index >= 15 is 0 Å². The molecule has 0 aromatic carbocycles. The Labute approximate surface area is 123 Å². The van der Waals surface area contributed by atoms with Gasteiger partial charge in [0.2, 0.25) is 5.91 Å². The number of rotatable bonds is 7. The van der Waals surface area contributed by atoms with E-state index in [1.165, 1.54) is 25.7 Å². The van der Waals surface area contributed by atoms with Crippen LogP contribution >= 0.6 is 0 Å². The Hall–Kier alpha value is -0.610. The molecule has 2 aliphatic heterocycles. The van der Waals surface area contributed by atoms with Gasteiger partial charge in [-0.3, -0.25) is 4.79 Å². The van der Waals surface area contributed by atoms with Crippen molar-refractivity contribution in [3.05, 3.63) is 0 Å². The third-order valence-electron chi connectivity index (χ3n) is 5.38. The lowest BCUT2D eigenvalue weighted by atomic mass is 9.88. The Morgan fingerprint density at radius 2 is 2.00 bits per heavy atom. The monoisotopic (exact) mass is 281 g/mol. The van der Waals surface area contributed by atoms with Gasteiger partial charge >= 0.3 is 0 Å². The predicted molar refractivity (Wildman–Crippen MR) is 82.6 cm³/mol. The van der Waals surface area contributed by atoms with Crippen LogP contribution in [0.2, 0.25) is 0 Å². The van der Waals surface area contributed by atoms with Crippen molar-refractivity contribution in [3.8, 4) is 0 Å². The van der Waals surface area contributed by atoms with E-state index < -0.39 is 0 Å². The van der Waals surface area contributed by atoms with Crippen LogP contribution in [0.3, 0.4) is 0 Å². The average Bonchev–Trinajstić information content (AvgIpc) is 3.05. The van der Waals surface area contributed by atoms with Gasteiger partial charge in [0.05, 0.1) is 5.92 Å². The number of carbonyl (C=O) groups is 1. The molecule has 4 unspecified atom stereocenters. The first kappa shape index (κ1) is 15.8. The van der Waals surface area contributed by atoms with Gasteiger partial charge < -0.3 is 15.5 Å². The van der Waals surface area contributed by atoms with Gasteiger partial charge in [0, 0.05) is 24.7 Å². The molecule has 2 bridgehead atoms. The first-order valence-corrected chi connectivity index (χ1v) is 8.26. The highest BCUT2D eigenvalue weighted by atomic mass is 16.2. The van der Waals surface area contributed by atoms with E-state index in [0.29, 0.717) is 24.0 Å². The molecule has 2 fully saturated rings. The smallest absolute Gasteiger partial charge is 0.224 e. The summed E-state index contributed by atoms with van der Waals surface area (Å²) >= 11 is 0. The molecule has 2 heterocycles. The maximum Gasteiger partial charge on any atom is 0.224 e. The van der Waals surface area contributed by atoms with Crippen molar-refractivity contribution in [2.24, 2.45) is 11.8 Å². The summed E-state index contributed by atoms with van der Waals surface area (Å²) in [6, 6.07) is 1.48. The molecule has 2 N–H and O–H groups in total. The third kappa shape index (κ3) is 3.34. The Kier molecular flexibility index (Phi) is 5.44. The van der Waals surface area contributed by atoms with Gasteiger partial charge in [0.25, 0.3) is 0 Å². The molecule has 0 aromatic rings. The first-order chi connectivity index (χ1) is 9.56. The zero-order valence-electron chi connectivity index (χ0n) is 13.5. The van der Waals surface area contributed by atoms with Crippen LogP contribution in [0.15, 0.2) is 0 Å². The fourth-order valence-electron chi connectivity index (χ4n) is 4.05. The molecule has 0 aliphatic carbocycles. The molecule has 1 amide bonds. The summed E-state index contributed by atoms with van der Waals surface area (Å²) in [5.74, 6) is 1.13. The minimum Gasteiger partial charge on any atom is -0.354 e. The normalized spacial score (nSPS) is 30.2. The van der Waals surface area contributed by atoms with Crippen molar-refractivity contribution >= 4 is 5.91 Å². The molecule has 4 nitrogen and oxygen atoms in total. The molecular weight excluding hydrogens is 250 g/mol. The summed E-state index contributed by atoms with van der Waals surface area (Å²) in [4.78, 5) is 14.7. The molecule has 2 aliphatic rings. The van der Waals surface area contributed by atoms with Crippen LogP contribution in [-0.2, 0) is 4.79 Å². The quantitative estimate of drug-likeness (QED) is 0.745. The van der Waals surface area contributed by atoms with E-state index in [-0.39, 0.29) is 11.8 Å². The average molecular weight is 281 g/mol. The summed E-state index contributed by atoms with van der Waals surface area (Å²) in [6.07, 6.45) is 5.80. The van der Waals surface area contributed by atoms with Crippen LogP contribution in [-0.4, -0.2) is 49.6 Å². The van der Waals surface area contributed by atoms with Crippen molar-refractivity contribution in [2.75, 3.05) is 20.6 Å². The minimum atomic E-state index is 0.207. The molecule has 116 valence electrons. The van der Waals surface area contributed by atoms with Crippen LogP contribution < -0.4 is 10.6 Å². The number of amides is 1. The van der Waals surface area contributed by atoms with E-state index in [0.717, 1.165) is 13.0 Å². The molecule has 2 saturated heterocycles. The van der Waals surface area contributed by atoms with E-state index in [4.69, 9.17) is 0 Å². The first-order valence-electron chi connectivity index (χ1n) is 8.26. The van der Waals surface area contributed by atoms with Gasteiger partial charge in [-0.05, 0) is 39.3 Å². The second-order valence-electron chi connectivity index (χ2n) is 6.74. The van der Waals surface area contributed by atoms with Crippen LogP contribution in [0, 0.1) is 11.8 Å². The molecular formula is C16H31N3O. The molecule has 0 aromatic heterocycles. The Balaban J connectivity index is 1.84. The number of likely N-dealkylation sites (N-methyl/N-ethyl adjacent to an activating group) is 1. The number of hydrogen-bond acceptors (Lipinski definition) is 3. The van der Waals surface area contributed by atoms with Crippen LogP contribution in [0.25, 0.3) is 0 Å². The van der Waals surface area contributed by atoms with Crippen molar-refractivity contribution in [3.63, 3.8) is 0 Å². The van der Waals surface area contributed by atoms with Gasteiger partial charge in [-0.25, -0.2) is 0 Å². The van der Waals surface area contributed by atoms with Crippen LogP contribution in [0.5, 0.6) is 0 Å². The molecule has 2 rings (SSSR count). The van der Waals surface area contributed by atoms with Gasteiger partial charge in [-0.15, -0.1) is 0 Å². The summed E-state index contributed by atoms with van der Waals surface area (Å²) in [5.41, 5.74) is 0. The molecule has 4 heteroatoms. The Morgan fingerprint density at radius 1 is 1.30 bits per heavy atom. The van der Waals surface area contributed by atoms with Gasteiger partial charge in [0.15, 0.2) is 0 Å². The standard InChI is InChI=1S/C16H31N3O/c1-5-11(6-2)15(19(3)4)10-17-16(20)13-9-12-7-8-14(13)18-12/h11-15,18H,5-10H2,1-4H3,(H,17,20). The fraction of sp³-hybridized carbons (Fsp3) is 0.938. The Bertz CT molecular complexity index is 328. The molecule has 0 radical (unpaired) electrons. The molecule has 20 heavy (non-hydrogen) atoms. The van der Waals surface area contributed by atoms with Gasteiger partial charge in [-0.2, -0.15) is 0 Å².